The van der Waals surface area contributed by atoms with Gasteiger partial charge in [0.2, 0.25) is 0 Å². The summed E-state index contributed by atoms with van der Waals surface area (Å²) in [5.41, 5.74) is 7.05. The molecular weight excluding hydrogens is 216 g/mol. The third-order valence-corrected chi connectivity index (χ3v) is 3.77. The summed E-state index contributed by atoms with van der Waals surface area (Å²) in [6, 6.07) is 9.67. The first-order valence-electron chi connectivity index (χ1n) is 5.90. The molecule has 0 amide bonds. The SMILES string of the molecule is CSc1ccc(CN(CCN)C2CC2)cc1. The van der Waals surface area contributed by atoms with Gasteiger partial charge in [0.15, 0.2) is 0 Å². The van der Waals surface area contributed by atoms with Crippen LogP contribution in [0.2, 0.25) is 0 Å². The molecule has 2 nitrogen and oxygen atoms in total. The number of hydrogen-bond donors (Lipinski definition) is 1. The number of thioether (sulfide) groups is 1. The van der Waals surface area contributed by atoms with Gasteiger partial charge in [-0.1, -0.05) is 12.1 Å². The third kappa shape index (κ3) is 3.24. The first-order chi connectivity index (χ1) is 7.83. The first-order valence-corrected chi connectivity index (χ1v) is 7.13. The van der Waals surface area contributed by atoms with E-state index in [2.05, 4.69) is 35.4 Å². The summed E-state index contributed by atoms with van der Waals surface area (Å²) in [7, 11) is 0. The van der Waals surface area contributed by atoms with Crippen LogP contribution in [-0.4, -0.2) is 30.3 Å². The number of nitrogens with two attached hydrogens (primary N) is 1. The molecule has 0 aromatic heterocycles. The minimum Gasteiger partial charge on any atom is -0.329 e. The molecule has 0 heterocycles. The summed E-state index contributed by atoms with van der Waals surface area (Å²) in [5.74, 6) is 0. The molecule has 1 aliphatic carbocycles. The van der Waals surface area contributed by atoms with Crippen molar-refractivity contribution in [2.45, 2.75) is 30.3 Å². The summed E-state index contributed by atoms with van der Waals surface area (Å²) >= 11 is 1.79. The molecule has 1 fully saturated rings. The van der Waals surface area contributed by atoms with Gasteiger partial charge >= 0.3 is 0 Å². The van der Waals surface area contributed by atoms with Crippen LogP contribution in [0.15, 0.2) is 29.2 Å². The van der Waals surface area contributed by atoms with E-state index in [4.69, 9.17) is 5.73 Å². The predicted octanol–water partition coefficient (Wildman–Crippen LogP) is 2.33. The van der Waals surface area contributed by atoms with Gasteiger partial charge in [-0.3, -0.25) is 4.90 Å². The summed E-state index contributed by atoms with van der Waals surface area (Å²) in [6.07, 6.45) is 4.81. The van der Waals surface area contributed by atoms with Gasteiger partial charge in [-0.25, -0.2) is 0 Å². The summed E-state index contributed by atoms with van der Waals surface area (Å²) in [5, 5.41) is 0. The van der Waals surface area contributed by atoms with Crippen LogP contribution in [0.25, 0.3) is 0 Å². The zero-order chi connectivity index (χ0) is 11.4. The Bertz CT molecular complexity index is 319. The Morgan fingerprint density at radius 1 is 1.31 bits per heavy atom. The molecule has 0 saturated heterocycles. The molecule has 16 heavy (non-hydrogen) atoms. The van der Waals surface area contributed by atoms with Crippen LogP contribution in [0.1, 0.15) is 18.4 Å². The highest BCUT2D eigenvalue weighted by molar-refractivity contribution is 7.98. The van der Waals surface area contributed by atoms with Crippen molar-refractivity contribution >= 4 is 11.8 Å². The second-order valence-electron chi connectivity index (χ2n) is 4.34. The molecule has 0 bridgehead atoms. The van der Waals surface area contributed by atoms with Gasteiger partial charge in [-0.2, -0.15) is 0 Å². The van der Waals surface area contributed by atoms with Crippen molar-refractivity contribution < 1.29 is 0 Å². The maximum Gasteiger partial charge on any atom is 0.0237 e. The second kappa shape index (κ2) is 5.71. The van der Waals surface area contributed by atoms with Gasteiger partial charge in [0, 0.05) is 30.6 Å². The summed E-state index contributed by atoms with van der Waals surface area (Å²) < 4.78 is 0. The molecule has 0 radical (unpaired) electrons. The topological polar surface area (TPSA) is 29.3 Å². The normalized spacial score (nSPS) is 15.7. The van der Waals surface area contributed by atoms with Gasteiger partial charge < -0.3 is 5.73 Å². The lowest BCUT2D eigenvalue weighted by molar-refractivity contribution is 0.262. The van der Waals surface area contributed by atoms with Crippen LogP contribution in [0.5, 0.6) is 0 Å². The van der Waals surface area contributed by atoms with E-state index in [0.29, 0.717) is 0 Å². The van der Waals surface area contributed by atoms with Crippen LogP contribution in [-0.2, 0) is 6.54 Å². The largest absolute Gasteiger partial charge is 0.329 e. The van der Waals surface area contributed by atoms with Gasteiger partial charge in [-0.15, -0.1) is 11.8 Å². The van der Waals surface area contributed by atoms with Crippen LogP contribution in [0, 0.1) is 0 Å². The van der Waals surface area contributed by atoms with E-state index < -0.39 is 0 Å². The standard InChI is InChI=1S/C13H20N2S/c1-16-13-6-2-11(3-7-13)10-15(9-8-14)12-4-5-12/h2-3,6-7,12H,4-5,8-10,14H2,1H3. The number of benzene rings is 1. The zero-order valence-electron chi connectivity index (χ0n) is 9.86. The Kier molecular flexibility index (Phi) is 4.27. The number of nitrogens with zero attached hydrogens (tertiary/aromatic N) is 1. The van der Waals surface area contributed by atoms with Gasteiger partial charge in [0.1, 0.15) is 0 Å². The molecule has 0 atom stereocenters. The highest BCUT2D eigenvalue weighted by atomic mass is 32.2. The molecule has 1 saturated carbocycles. The molecule has 3 heteroatoms. The highest BCUT2D eigenvalue weighted by Crippen LogP contribution is 2.28. The molecule has 0 aliphatic heterocycles. The molecule has 1 aromatic rings. The van der Waals surface area contributed by atoms with Gasteiger partial charge in [0.05, 0.1) is 0 Å². The lowest BCUT2D eigenvalue weighted by atomic mass is 10.2. The van der Waals surface area contributed by atoms with Crippen molar-refractivity contribution in [1.82, 2.24) is 4.90 Å². The zero-order valence-corrected chi connectivity index (χ0v) is 10.7. The maximum absolute atomic E-state index is 5.65. The Labute approximate surface area is 102 Å². The number of rotatable bonds is 6. The first kappa shape index (κ1) is 12.0. The van der Waals surface area contributed by atoms with Crippen LogP contribution in [0.3, 0.4) is 0 Å². The molecular formula is C13H20N2S. The predicted molar refractivity (Wildman–Crippen MR) is 70.7 cm³/mol. The highest BCUT2D eigenvalue weighted by Gasteiger charge is 2.28. The van der Waals surface area contributed by atoms with Gasteiger partial charge in [-0.05, 0) is 36.8 Å². The average molecular weight is 236 g/mol. The fraction of sp³-hybridized carbons (Fsp3) is 0.538. The van der Waals surface area contributed by atoms with Crippen molar-refractivity contribution in [3.8, 4) is 0 Å². The van der Waals surface area contributed by atoms with Crippen molar-refractivity contribution in [3.05, 3.63) is 29.8 Å². The van der Waals surface area contributed by atoms with E-state index >= 15 is 0 Å². The minimum atomic E-state index is 0.763. The Morgan fingerprint density at radius 3 is 2.50 bits per heavy atom. The van der Waals surface area contributed by atoms with E-state index in [1.807, 2.05) is 0 Å². The van der Waals surface area contributed by atoms with Crippen LogP contribution >= 0.6 is 11.8 Å². The monoisotopic (exact) mass is 236 g/mol. The van der Waals surface area contributed by atoms with Crippen LogP contribution in [0.4, 0.5) is 0 Å². The van der Waals surface area contributed by atoms with E-state index in [1.165, 1.54) is 23.3 Å². The molecule has 0 spiro atoms. The molecule has 1 aliphatic rings. The van der Waals surface area contributed by atoms with Gasteiger partial charge in [0.25, 0.3) is 0 Å². The van der Waals surface area contributed by atoms with Crippen LogP contribution < -0.4 is 5.73 Å². The third-order valence-electron chi connectivity index (χ3n) is 3.02. The van der Waals surface area contributed by atoms with E-state index in [9.17, 15) is 0 Å². The molecule has 0 unspecified atom stereocenters. The lowest BCUT2D eigenvalue weighted by Gasteiger charge is -2.21. The number of hydrogen-bond acceptors (Lipinski definition) is 3. The molecule has 88 valence electrons. The maximum atomic E-state index is 5.65. The second-order valence-corrected chi connectivity index (χ2v) is 5.22. The minimum absolute atomic E-state index is 0.763. The van der Waals surface area contributed by atoms with E-state index in [-0.39, 0.29) is 0 Å². The van der Waals surface area contributed by atoms with Crippen molar-refractivity contribution in [1.29, 1.82) is 0 Å². The van der Waals surface area contributed by atoms with Crippen molar-refractivity contribution in [2.75, 3.05) is 19.3 Å². The molecule has 2 N–H and O–H groups in total. The summed E-state index contributed by atoms with van der Waals surface area (Å²) in [6.45, 7) is 2.84. The van der Waals surface area contributed by atoms with E-state index in [1.54, 1.807) is 11.8 Å². The fourth-order valence-electron chi connectivity index (χ4n) is 1.96. The fourth-order valence-corrected chi connectivity index (χ4v) is 2.37. The summed E-state index contributed by atoms with van der Waals surface area (Å²) in [4.78, 5) is 3.84. The Hall–Kier alpha value is -0.510. The Morgan fingerprint density at radius 2 is 2.00 bits per heavy atom. The molecule has 2 rings (SSSR count). The average Bonchev–Trinajstić information content (AvgIpc) is 3.13. The van der Waals surface area contributed by atoms with Crippen molar-refractivity contribution in [2.24, 2.45) is 5.73 Å². The smallest absolute Gasteiger partial charge is 0.0237 e. The lowest BCUT2D eigenvalue weighted by Crippen LogP contribution is -2.30. The molecule has 1 aromatic carbocycles. The van der Waals surface area contributed by atoms with Crippen molar-refractivity contribution in [3.63, 3.8) is 0 Å². The van der Waals surface area contributed by atoms with E-state index in [0.717, 1.165) is 25.7 Å². The Balaban J connectivity index is 1.94. The quantitative estimate of drug-likeness (QED) is 0.769.